The molecule has 2 rings (SSSR count). The van der Waals surface area contributed by atoms with Crippen molar-refractivity contribution < 1.29 is 4.74 Å². The first-order valence-corrected chi connectivity index (χ1v) is 6.64. The smallest absolute Gasteiger partial charge is 0.160 e. The molecule has 18 heavy (non-hydrogen) atoms. The second-order valence-electron chi connectivity index (χ2n) is 5.11. The van der Waals surface area contributed by atoms with E-state index < -0.39 is 0 Å². The monoisotopic (exact) mass is 249 g/mol. The number of hydrogen-bond acceptors (Lipinski definition) is 4. The molecule has 1 aliphatic heterocycles. The average Bonchev–Trinajstić information content (AvgIpc) is 2.38. The topological polar surface area (TPSA) is 51.4 Å². The number of pyridine rings is 1. The van der Waals surface area contributed by atoms with E-state index in [1.54, 1.807) is 13.3 Å². The third-order valence-electron chi connectivity index (χ3n) is 3.87. The van der Waals surface area contributed by atoms with Crippen LogP contribution in [0.2, 0.25) is 0 Å². The maximum Gasteiger partial charge on any atom is 0.160 e. The lowest BCUT2D eigenvalue weighted by atomic mass is 9.90. The van der Waals surface area contributed by atoms with Gasteiger partial charge in [-0.3, -0.25) is 4.98 Å². The summed E-state index contributed by atoms with van der Waals surface area (Å²) in [7, 11) is 1.70. The summed E-state index contributed by atoms with van der Waals surface area (Å²) in [6.07, 6.45) is 4.27. The predicted molar refractivity (Wildman–Crippen MR) is 74.1 cm³/mol. The summed E-state index contributed by atoms with van der Waals surface area (Å²) in [5.41, 5.74) is 8.10. The lowest BCUT2D eigenvalue weighted by molar-refractivity contribution is 0.343. The van der Waals surface area contributed by atoms with Gasteiger partial charge in [0.15, 0.2) is 5.75 Å². The first-order chi connectivity index (χ1) is 8.67. The average molecular weight is 249 g/mol. The Bertz CT molecular complexity index is 408. The Kier molecular flexibility index (Phi) is 4.07. The maximum atomic E-state index is 5.95. The van der Waals surface area contributed by atoms with Gasteiger partial charge in [-0.1, -0.05) is 6.92 Å². The summed E-state index contributed by atoms with van der Waals surface area (Å²) in [5.74, 6) is 1.47. The Morgan fingerprint density at radius 2 is 2.33 bits per heavy atom. The molecule has 1 aromatic rings. The molecular weight excluding hydrogens is 226 g/mol. The van der Waals surface area contributed by atoms with Gasteiger partial charge >= 0.3 is 0 Å². The molecule has 0 radical (unpaired) electrons. The highest BCUT2D eigenvalue weighted by atomic mass is 16.5. The Hall–Kier alpha value is -1.29. The predicted octanol–water partition coefficient (Wildman–Crippen LogP) is 1.96. The fourth-order valence-corrected chi connectivity index (χ4v) is 2.82. The van der Waals surface area contributed by atoms with Crippen LogP contribution in [0.25, 0.3) is 0 Å². The van der Waals surface area contributed by atoms with Crippen LogP contribution in [0.3, 0.4) is 0 Å². The van der Waals surface area contributed by atoms with Gasteiger partial charge in [-0.05, 0) is 31.7 Å². The summed E-state index contributed by atoms with van der Waals surface area (Å²) in [6, 6.07) is 2.49. The highest BCUT2D eigenvalue weighted by Crippen LogP contribution is 2.34. The van der Waals surface area contributed by atoms with Gasteiger partial charge in [-0.25, -0.2) is 0 Å². The van der Waals surface area contributed by atoms with Crippen LogP contribution in [0, 0.1) is 12.8 Å². The van der Waals surface area contributed by atoms with E-state index in [4.69, 9.17) is 10.5 Å². The van der Waals surface area contributed by atoms with Gasteiger partial charge in [0, 0.05) is 24.8 Å². The second kappa shape index (κ2) is 5.57. The molecule has 4 nitrogen and oxygen atoms in total. The Balaban J connectivity index is 2.36. The van der Waals surface area contributed by atoms with Gasteiger partial charge in [-0.15, -0.1) is 0 Å². The SMILES string of the molecule is COc1cnc(C)cc1N1CCCC(C)C1CN. The molecule has 0 bridgehead atoms. The van der Waals surface area contributed by atoms with Crippen LogP contribution in [0.1, 0.15) is 25.5 Å². The minimum atomic E-state index is 0.398. The van der Waals surface area contributed by atoms with Crippen LogP contribution < -0.4 is 15.4 Å². The first kappa shape index (κ1) is 13.1. The summed E-state index contributed by atoms with van der Waals surface area (Å²) >= 11 is 0. The Morgan fingerprint density at radius 3 is 3.00 bits per heavy atom. The largest absolute Gasteiger partial charge is 0.493 e. The molecule has 0 saturated carbocycles. The van der Waals surface area contributed by atoms with Crippen LogP contribution in [0.4, 0.5) is 5.69 Å². The van der Waals surface area contributed by atoms with Gasteiger partial charge < -0.3 is 15.4 Å². The van der Waals surface area contributed by atoms with Gasteiger partial charge in [0.1, 0.15) is 0 Å². The standard InChI is InChI=1S/C14H23N3O/c1-10-5-4-6-17(13(10)8-15)12-7-11(2)16-9-14(12)18-3/h7,9-10,13H,4-6,8,15H2,1-3H3. The number of rotatable bonds is 3. The van der Waals surface area contributed by atoms with E-state index in [2.05, 4.69) is 22.9 Å². The van der Waals surface area contributed by atoms with Crippen molar-refractivity contribution in [1.29, 1.82) is 0 Å². The number of ether oxygens (including phenoxy) is 1. The molecular formula is C14H23N3O. The fourth-order valence-electron chi connectivity index (χ4n) is 2.82. The molecule has 1 saturated heterocycles. The van der Waals surface area contributed by atoms with Crippen molar-refractivity contribution in [2.75, 3.05) is 25.1 Å². The molecule has 2 heterocycles. The van der Waals surface area contributed by atoms with Gasteiger partial charge in [0.2, 0.25) is 0 Å². The summed E-state index contributed by atoms with van der Waals surface area (Å²) < 4.78 is 5.44. The number of aromatic nitrogens is 1. The minimum Gasteiger partial charge on any atom is -0.493 e. The van der Waals surface area contributed by atoms with Gasteiger partial charge in [0.05, 0.1) is 19.0 Å². The van der Waals surface area contributed by atoms with Crippen LogP contribution in [0.15, 0.2) is 12.3 Å². The molecule has 2 atom stereocenters. The number of anilines is 1. The highest BCUT2D eigenvalue weighted by Gasteiger charge is 2.29. The highest BCUT2D eigenvalue weighted by molar-refractivity contribution is 5.59. The molecule has 1 aliphatic rings. The maximum absolute atomic E-state index is 5.95. The van der Waals surface area contributed by atoms with Crippen molar-refractivity contribution in [2.24, 2.45) is 11.7 Å². The number of nitrogens with zero attached hydrogens (tertiary/aromatic N) is 2. The lowest BCUT2D eigenvalue weighted by Gasteiger charge is -2.41. The summed E-state index contributed by atoms with van der Waals surface area (Å²) in [5, 5.41) is 0. The van der Waals surface area contributed by atoms with Crippen molar-refractivity contribution in [3.05, 3.63) is 18.0 Å². The van der Waals surface area contributed by atoms with E-state index in [-0.39, 0.29) is 0 Å². The van der Waals surface area contributed by atoms with Crippen molar-refractivity contribution in [2.45, 2.75) is 32.7 Å². The van der Waals surface area contributed by atoms with E-state index >= 15 is 0 Å². The van der Waals surface area contributed by atoms with Crippen LogP contribution >= 0.6 is 0 Å². The van der Waals surface area contributed by atoms with Crippen molar-refractivity contribution in [3.8, 4) is 5.75 Å². The number of nitrogens with two attached hydrogens (primary N) is 1. The summed E-state index contributed by atoms with van der Waals surface area (Å²) in [4.78, 5) is 6.68. The van der Waals surface area contributed by atoms with Crippen molar-refractivity contribution in [1.82, 2.24) is 4.98 Å². The third-order valence-corrected chi connectivity index (χ3v) is 3.87. The normalized spacial score (nSPS) is 24.1. The van der Waals surface area contributed by atoms with Gasteiger partial charge in [-0.2, -0.15) is 0 Å². The lowest BCUT2D eigenvalue weighted by Crippen LogP contribution is -2.49. The number of piperidine rings is 1. The first-order valence-electron chi connectivity index (χ1n) is 6.64. The Morgan fingerprint density at radius 1 is 1.56 bits per heavy atom. The van der Waals surface area contributed by atoms with Crippen LogP contribution in [-0.4, -0.2) is 31.2 Å². The van der Waals surface area contributed by atoms with E-state index in [0.29, 0.717) is 18.5 Å². The van der Waals surface area contributed by atoms with Crippen molar-refractivity contribution in [3.63, 3.8) is 0 Å². The molecule has 1 fully saturated rings. The molecule has 0 aliphatic carbocycles. The molecule has 0 spiro atoms. The van der Waals surface area contributed by atoms with Crippen LogP contribution in [0.5, 0.6) is 5.75 Å². The fraction of sp³-hybridized carbons (Fsp3) is 0.643. The zero-order chi connectivity index (χ0) is 13.1. The molecule has 0 aromatic carbocycles. The number of methoxy groups -OCH3 is 1. The number of hydrogen-bond donors (Lipinski definition) is 1. The number of aryl methyl sites for hydroxylation is 1. The Labute approximate surface area is 109 Å². The van der Waals surface area contributed by atoms with E-state index in [0.717, 1.165) is 23.7 Å². The molecule has 0 amide bonds. The van der Waals surface area contributed by atoms with Gasteiger partial charge in [0.25, 0.3) is 0 Å². The quantitative estimate of drug-likeness (QED) is 0.889. The molecule has 1 aromatic heterocycles. The van der Waals surface area contributed by atoms with E-state index in [1.165, 1.54) is 12.8 Å². The molecule has 100 valence electrons. The summed E-state index contributed by atoms with van der Waals surface area (Å²) in [6.45, 7) is 6.02. The molecule has 2 unspecified atom stereocenters. The molecule has 2 N–H and O–H groups in total. The third kappa shape index (κ3) is 2.43. The molecule has 4 heteroatoms. The minimum absolute atomic E-state index is 0.398. The van der Waals surface area contributed by atoms with Crippen molar-refractivity contribution >= 4 is 5.69 Å². The zero-order valence-electron chi connectivity index (χ0n) is 11.5. The van der Waals surface area contributed by atoms with E-state index in [9.17, 15) is 0 Å². The van der Waals surface area contributed by atoms with Crippen LogP contribution in [-0.2, 0) is 0 Å². The second-order valence-corrected chi connectivity index (χ2v) is 5.11. The zero-order valence-corrected chi connectivity index (χ0v) is 11.5. The van der Waals surface area contributed by atoms with E-state index in [1.807, 2.05) is 6.92 Å².